The maximum absolute atomic E-state index is 10.6. The lowest BCUT2D eigenvalue weighted by Gasteiger charge is -2.02. The van der Waals surface area contributed by atoms with Gasteiger partial charge in [0.05, 0.1) is 11.5 Å². The van der Waals surface area contributed by atoms with Crippen LogP contribution in [0.1, 0.15) is 11.1 Å². The van der Waals surface area contributed by atoms with Crippen molar-refractivity contribution in [2.24, 2.45) is 0 Å². The van der Waals surface area contributed by atoms with Crippen LogP contribution >= 0.6 is 0 Å². The van der Waals surface area contributed by atoms with Crippen molar-refractivity contribution in [3.8, 4) is 5.88 Å². The van der Waals surface area contributed by atoms with Crippen LogP contribution in [0.2, 0.25) is 0 Å². The number of nitro benzene ring substituents is 1. The van der Waals surface area contributed by atoms with Gasteiger partial charge in [-0.25, -0.2) is 4.98 Å². The number of aliphatic hydroxyl groups excluding tert-OH is 1. The molecule has 0 bridgehead atoms. The number of aromatic nitrogens is 1. The number of nitro groups is 1. The van der Waals surface area contributed by atoms with Gasteiger partial charge in [-0.3, -0.25) is 10.1 Å². The van der Waals surface area contributed by atoms with Crippen LogP contribution in [0, 0.1) is 10.1 Å². The lowest BCUT2D eigenvalue weighted by molar-refractivity contribution is -0.384. The van der Waals surface area contributed by atoms with E-state index in [1.165, 1.54) is 12.1 Å². The van der Waals surface area contributed by atoms with Gasteiger partial charge < -0.3 is 9.84 Å². The highest BCUT2D eigenvalue weighted by Crippen LogP contribution is 2.15. The third-order valence-corrected chi connectivity index (χ3v) is 2.67. The lowest BCUT2D eigenvalue weighted by atomic mass is 10.1. The zero-order chi connectivity index (χ0) is 15.1. The normalized spacial score (nSPS) is 10.7. The van der Waals surface area contributed by atoms with Crippen molar-refractivity contribution in [2.75, 3.05) is 13.2 Å². The van der Waals surface area contributed by atoms with Crippen molar-refractivity contribution in [1.29, 1.82) is 0 Å². The minimum Gasteiger partial charge on any atom is -0.475 e. The number of nitrogens with zero attached hydrogens (tertiary/aromatic N) is 2. The van der Waals surface area contributed by atoms with E-state index in [-0.39, 0.29) is 18.9 Å². The maximum atomic E-state index is 10.6. The van der Waals surface area contributed by atoms with E-state index < -0.39 is 4.92 Å². The molecule has 0 aliphatic rings. The van der Waals surface area contributed by atoms with Gasteiger partial charge in [0.25, 0.3) is 5.69 Å². The summed E-state index contributed by atoms with van der Waals surface area (Å²) >= 11 is 0. The molecule has 1 aromatic heterocycles. The van der Waals surface area contributed by atoms with Crippen molar-refractivity contribution in [2.45, 2.75) is 0 Å². The van der Waals surface area contributed by atoms with Crippen LogP contribution in [0.15, 0.2) is 42.6 Å². The van der Waals surface area contributed by atoms with Crippen LogP contribution in [0.5, 0.6) is 5.88 Å². The number of non-ortho nitro benzene ring substituents is 1. The molecule has 0 spiro atoms. The molecule has 0 atom stereocenters. The minimum atomic E-state index is -0.428. The van der Waals surface area contributed by atoms with Crippen molar-refractivity contribution in [3.05, 3.63) is 63.8 Å². The van der Waals surface area contributed by atoms with Gasteiger partial charge in [-0.15, -0.1) is 0 Å². The molecule has 108 valence electrons. The Balaban J connectivity index is 2.01. The summed E-state index contributed by atoms with van der Waals surface area (Å²) in [6.45, 7) is 0.161. The van der Waals surface area contributed by atoms with E-state index in [4.69, 9.17) is 9.84 Å². The fraction of sp³-hybridized carbons (Fsp3) is 0.133. The van der Waals surface area contributed by atoms with Gasteiger partial charge in [-0.1, -0.05) is 12.2 Å². The zero-order valence-electron chi connectivity index (χ0n) is 11.2. The molecule has 0 amide bonds. The van der Waals surface area contributed by atoms with Crippen LogP contribution < -0.4 is 4.74 Å². The highest BCUT2D eigenvalue weighted by molar-refractivity contribution is 5.69. The average Bonchev–Trinajstić information content (AvgIpc) is 2.52. The Morgan fingerprint density at radius 3 is 2.38 bits per heavy atom. The third kappa shape index (κ3) is 4.39. The predicted octanol–water partition coefficient (Wildman–Crippen LogP) is 2.53. The topological polar surface area (TPSA) is 85.5 Å². The number of hydrogen-bond acceptors (Lipinski definition) is 5. The summed E-state index contributed by atoms with van der Waals surface area (Å²) in [5, 5.41) is 19.2. The zero-order valence-corrected chi connectivity index (χ0v) is 11.2. The van der Waals surface area contributed by atoms with Gasteiger partial charge in [-0.2, -0.15) is 0 Å². The molecule has 6 heteroatoms. The Morgan fingerprint density at radius 2 is 1.81 bits per heavy atom. The molecule has 0 fully saturated rings. The lowest BCUT2D eigenvalue weighted by Crippen LogP contribution is -2.02. The largest absolute Gasteiger partial charge is 0.475 e. The second kappa shape index (κ2) is 7.16. The van der Waals surface area contributed by atoms with E-state index in [2.05, 4.69) is 4.98 Å². The molecule has 0 aliphatic heterocycles. The van der Waals surface area contributed by atoms with E-state index in [9.17, 15) is 10.1 Å². The van der Waals surface area contributed by atoms with Crippen LogP contribution in [0.25, 0.3) is 12.2 Å². The van der Waals surface area contributed by atoms with E-state index in [1.54, 1.807) is 24.4 Å². The summed E-state index contributed by atoms with van der Waals surface area (Å²) < 4.78 is 5.16. The smallest absolute Gasteiger partial charge is 0.269 e. The molecule has 0 saturated carbocycles. The Morgan fingerprint density at radius 1 is 1.14 bits per heavy atom. The third-order valence-electron chi connectivity index (χ3n) is 2.67. The predicted molar refractivity (Wildman–Crippen MR) is 78.8 cm³/mol. The van der Waals surface area contributed by atoms with E-state index in [0.717, 1.165) is 11.1 Å². The summed E-state index contributed by atoms with van der Waals surface area (Å²) in [6.07, 6.45) is 5.34. The maximum Gasteiger partial charge on any atom is 0.269 e. The van der Waals surface area contributed by atoms with Gasteiger partial charge in [-0.05, 0) is 29.3 Å². The van der Waals surface area contributed by atoms with Gasteiger partial charge in [0, 0.05) is 24.4 Å². The van der Waals surface area contributed by atoms with E-state index in [1.807, 2.05) is 18.2 Å². The highest BCUT2D eigenvalue weighted by Gasteiger charge is 2.02. The van der Waals surface area contributed by atoms with E-state index >= 15 is 0 Å². The Labute approximate surface area is 121 Å². The minimum absolute atomic E-state index is 0.0521. The second-order valence-corrected chi connectivity index (χ2v) is 4.18. The molecule has 1 N–H and O–H groups in total. The van der Waals surface area contributed by atoms with Gasteiger partial charge in [0.15, 0.2) is 0 Å². The van der Waals surface area contributed by atoms with Crippen molar-refractivity contribution in [1.82, 2.24) is 4.98 Å². The highest BCUT2D eigenvalue weighted by atomic mass is 16.6. The van der Waals surface area contributed by atoms with E-state index in [0.29, 0.717) is 5.88 Å². The van der Waals surface area contributed by atoms with Crippen molar-refractivity contribution < 1.29 is 14.8 Å². The SMILES string of the molecule is O=[N+]([O-])c1ccc(C=Cc2ccc(OCCO)nc2)cc1. The summed E-state index contributed by atoms with van der Waals surface area (Å²) in [6, 6.07) is 9.84. The number of benzene rings is 1. The number of rotatable bonds is 6. The fourth-order valence-electron chi connectivity index (χ4n) is 1.63. The molecular formula is C15H14N2O4. The van der Waals surface area contributed by atoms with Gasteiger partial charge in [0.1, 0.15) is 6.61 Å². The first kappa shape index (κ1) is 14.7. The molecule has 21 heavy (non-hydrogen) atoms. The standard InChI is InChI=1S/C15H14N2O4/c18-9-10-21-15-8-5-13(11-16-15)2-1-12-3-6-14(7-4-12)17(19)20/h1-8,11,18H,9-10H2. The molecule has 0 radical (unpaired) electrons. The summed E-state index contributed by atoms with van der Waals surface area (Å²) in [5.74, 6) is 0.455. The molecule has 0 saturated heterocycles. The Hall–Kier alpha value is -2.73. The van der Waals surface area contributed by atoms with Crippen molar-refractivity contribution in [3.63, 3.8) is 0 Å². The molecule has 6 nitrogen and oxygen atoms in total. The first-order chi connectivity index (χ1) is 10.2. The van der Waals surface area contributed by atoms with Gasteiger partial charge in [0.2, 0.25) is 5.88 Å². The molecular weight excluding hydrogens is 272 g/mol. The molecule has 0 unspecified atom stereocenters. The summed E-state index contributed by atoms with van der Waals surface area (Å²) in [4.78, 5) is 14.2. The molecule has 2 rings (SSSR count). The quantitative estimate of drug-likeness (QED) is 0.651. The first-order valence-corrected chi connectivity index (χ1v) is 6.31. The van der Waals surface area contributed by atoms with Gasteiger partial charge >= 0.3 is 0 Å². The first-order valence-electron chi connectivity index (χ1n) is 6.31. The molecule has 2 aromatic rings. The molecule has 0 aliphatic carbocycles. The van der Waals surface area contributed by atoms with Crippen LogP contribution in [0.4, 0.5) is 5.69 Å². The summed E-state index contributed by atoms with van der Waals surface area (Å²) in [5.41, 5.74) is 1.81. The second-order valence-electron chi connectivity index (χ2n) is 4.18. The fourth-order valence-corrected chi connectivity index (χ4v) is 1.63. The van der Waals surface area contributed by atoms with Crippen LogP contribution in [0.3, 0.4) is 0 Å². The summed E-state index contributed by atoms with van der Waals surface area (Å²) in [7, 11) is 0. The average molecular weight is 286 g/mol. The van der Waals surface area contributed by atoms with Crippen molar-refractivity contribution >= 4 is 17.8 Å². The number of hydrogen-bond donors (Lipinski definition) is 1. The molecule has 1 aromatic carbocycles. The number of aliphatic hydroxyl groups is 1. The van der Waals surface area contributed by atoms with Crippen LogP contribution in [-0.2, 0) is 0 Å². The molecule has 1 heterocycles. The number of ether oxygens (including phenoxy) is 1. The monoisotopic (exact) mass is 286 g/mol. The Kier molecular flexibility index (Phi) is 5.00. The Bertz CT molecular complexity index is 621. The number of pyridine rings is 1. The van der Waals surface area contributed by atoms with Crippen LogP contribution in [-0.4, -0.2) is 28.2 Å².